The lowest BCUT2D eigenvalue weighted by molar-refractivity contribution is -0.384. The molecule has 108 valence electrons. The summed E-state index contributed by atoms with van der Waals surface area (Å²) in [4.78, 5) is 10.3. The van der Waals surface area contributed by atoms with E-state index in [9.17, 15) is 10.1 Å². The number of nitrogens with zero attached hydrogens (tertiary/aromatic N) is 2. The van der Waals surface area contributed by atoms with E-state index >= 15 is 0 Å². The van der Waals surface area contributed by atoms with Crippen molar-refractivity contribution in [3.05, 3.63) is 70.3 Å². The van der Waals surface area contributed by atoms with Gasteiger partial charge in [-0.05, 0) is 31.4 Å². The lowest BCUT2D eigenvalue weighted by atomic mass is 10.1. The van der Waals surface area contributed by atoms with Crippen LogP contribution in [0.15, 0.2) is 59.7 Å². The van der Waals surface area contributed by atoms with Crippen LogP contribution in [0.5, 0.6) is 0 Å². The highest BCUT2D eigenvalue weighted by Crippen LogP contribution is 2.17. The van der Waals surface area contributed by atoms with Crippen molar-refractivity contribution < 1.29 is 4.92 Å². The zero-order chi connectivity index (χ0) is 15.1. The first-order valence-corrected chi connectivity index (χ1v) is 6.73. The Labute approximate surface area is 123 Å². The first-order valence-electron chi connectivity index (χ1n) is 6.73. The van der Waals surface area contributed by atoms with Crippen LogP contribution in [0.3, 0.4) is 0 Å². The molecule has 2 aromatic rings. The van der Waals surface area contributed by atoms with E-state index in [1.54, 1.807) is 12.1 Å². The molecule has 2 aromatic carbocycles. The van der Waals surface area contributed by atoms with Crippen LogP contribution in [-0.2, 0) is 6.42 Å². The molecule has 0 fully saturated rings. The van der Waals surface area contributed by atoms with Gasteiger partial charge in [0.1, 0.15) is 0 Å². The maximum Gasteiger partial charge on any atom is 0.271 e. The number of anilines is 1. The lowest BCUT2D eigenvalue weighted by Gasteiger charge is -2.04. The number of hydrogen-bond acceptors (Lipinski definition) is 4. The number of non-ortho nitro benzene ring substituents is 1. The molecule has 0 saturated heterocycles. The number of nitro groups is 1. The van der Waals surface area contributed by atoms with Gasteiger partial charge in [0.25, 0.3) is 5.69 Å². The lowest BCUT2D eigenvalue weighted by Crippen LogP contribution is -2.00. The highest BCUT2D eigenvalue weighted by atomic mass is 16.6. The predicted octanol–water partition coefficient (Wildman–Crippen LogP) is 4.02. The van der Waals surface area contributed by atoms with E-state index < -0.39 is 4.92 Å². The Balaban J connectivity index is 1.91. The fraction of sp³-hybridized carbons (Fsp3) is 0.188. The van der Waals surface area contributed by atoms with Gasteiger partial charge in [0.15, 0.2) is 0 Å². The van der Waals surface area contributed by atoms with Gasteiger partial charge in [-0.1, -0.05) is 36.4 Å². The summed E-state index contributed by atoms with van der Waals surface area (Å²) in [7, 11) is 0. The molecule has 0 spiro atoms. The van der Waals surface area contributed by atoms with Gasteiger partial charge in [-0.3, -0.25) is 15.5 Å². The minimum Gasteiger partial charge on any atom is -0.278 e. The molecule has 0 aliphatic rings. The summed E-state index contributed by atoms with van der Waals surface area (Å²) in [5.41, 5.74) is 5.74. The van der Waals surface area contributed by atoms with E-state index in [-0.39, 0.29) is 5.69 Å². The van der Waals surface area contributed by atoms with Crippen LogP contribution >= 0.6 is 0 Å². The standard InChI is InChI=1S/C16H17N3O2/c1-13(10-11-14-6-3-2-4-7-14)17-18-15-8-5-9-16(12-15)19(20)21/h2-9,12,18H,10-11H2,1H3/b17-13-. The maximum atomic E-state index is 10.7. The van der Waals surface area contributed by atoms with E-state index in [1.807, 2.05) is 25.1 Å². The topological polar surface area (TPSA) is 67.5 Å². The molecule has 0 unspecified atom stereocenters. The van der Waals surface area contributed by atoms with E-state index in [0.717, 1.165) is 18.6 Å². The Hall–Kier alpha value is -2.69. The molecule has 2 rings (SSSR count). The summed E-state index contributed by atoms with van der Waals surface area (Å²) in [5, 5.41) is 14.9. The predicted molar refractivity (Wildman–Crippen MR) is 84.6 cm³/mol. The van der Waals surface area contributed by atoms with Crippen LogP contribution in [0.25, 0.3) is 0 Å². The van der Waals surface area contributed by atoms with Gasteiger partial charge in [0.05, 0.1) is 10.6 Å². The maximum absolute atomic E-state index is 10.7. The number of aryl methyl sites for hydroxylation is 1. The van der Waals surface area contributed by atoms with Gasteiger partial charge in [-0.15, -0.1) is 0 Å². The second-order valence-electron chi connectivity index (χ2n) is 4.75. The van der Waals surface area contributed by atoms with Gasteiger partial charge >= 0.3 is 0 Å². The van der Waals surface area contributed by atoms with Gasteiger partial charge in [0, 0.05) is 17.8 Å². The average molecular weight is 283 g/mol. The van der Waals surface area contributed by atoms with Gasteiger partial charge in [0.2, 0.25) is 0 Å². The van der Waals surface area contributed by atoms with E-state index in [2.05, 4.69) is 22.7 Å². The number of hydrogen-bond donors (Lipinski definition) is 1. The molecule has 1 N–H and O–H groups in total. The highest BCUT2D eigenvalue weighted by Gasteiger charge is 2.04. The molecular formula is C16H17N3O2. The van der Waals surface area contributed by atoms with E-state index in [1.165, 1.54) is 17.7 Å². The van der Waals surface area contributed by atoms with Gasteiger partial charge in [-0.2, -0.15) is 5.10 Å². The smallest absolute Gasteiger partial charge is 0.271 e. The fourth-order valence-electron chi connectivity index (χ4n) is 1.87. The van der Waals surface area contributed by atoms with Gasteiger partial charge in [-0.25, -0.2) is 0 Å². The third-order valence-corrected chi connectivity index (χ3v) is 3.05. The van der Waals surface area contributed by atoms with Crippen LogP contribution in [0.4, 0.5) is 11.4 Å². The Bertz CT molecular complexity index is 639. The molecule has 5 heteroatoms. The molecule has 0 aromatic heterocycles. The fourth-order valence-corrected chi connectivity index (χ4v) is 1.87. The molecule has 5 nitrogen and oxygen atoms in total. The van der Waals surface area contributed by atoms with Crippen LogP contribution < -0.4 is 5.43 Å². The minimum absolute atomic E-state index is 0.0529. The van der Waals surface area contributed by atoms with Gasteiger partial charge < -0.3 is 0 Å². The highest BCUT2D eigenvalue weighted by molar-refractivity contribution is 5.82. The summed E-state index contributed by atoms with van der Waals surface area (Å²) in [5.74, 6) is 0. The average Bonchev–Trinajstić information content (AvgIpc) is 2.52. The van der Waals surface area contributed by atoms with E-state index in [4.69, 9.17) is 0 Å². The first kappa shape index (κ1) is 14.7. The van der Waals surface area contributed by atoms with Crippen molar-refractivity contribution in [2.24, 2.45) is 5.10 Å². The summed E-state index contributed by atoms with van der Waals surface area (Å²) in [6.07, 6.45) is 1.76. The number of rotatable bonds is 6. The first-order chi connectivity index (χ1) is 10.1. The third-order valence-electron chi connectivity index (χ3n) is 3.05. The summed E-state index contributed by atoms with van der Waals surface area (Å²) in [6, 6.07) is 16.5. The molecule has 0 bridgehead atoms. The summed E-state index contributed by atoms with van der Waals surface area (Å²) in [6.45, 7) is 1.94. The second-order valence-corrected chi connectivity index (χ2v) is 4.75. The van der Waals surface area contributed by atoms with Crippen molar-refractivity contribution >= 4 is 17.1 Å². The van der Waals surface area contributed by atoms with Crippen molar-refractivity contribution in [2.45, 2.75) is 19.8 Å². The number of hydrazone groups is 1. The second kappa shape index (κ2) is 7.19. The Morgan fingerprint density at radius 3 is 2.67 bits per heavy atom. The summed E-state index contributed by atoms with van der Waals surface area (Å²) >= 11 is 0. The van der Waals surface area contributed by atoms with Crippen LogP contribution in [0, 0.1) is 10.1 Å². The summed E-state index contributed by atoms with van der Waals surface area (Å²) < 4.78 is 0. The molecule has 21 heavy (non-hydrogen) atoms. The molecule has 0 heterocycles. The molecule has 0 amide bonds. The zero-order valence-corrected chi connectivity index (χ0v) is 11.8. The monoisotopic (exact) mass is 283 g/mol. The Kier molecular flexibility index (Phi) is 5.04. The quantitative estimate of drug-likeness (QED) is 0.494. The third kappa shape index (κ3) is 4.72. The molecule has 0 aliphatic heterocycles. The SMILES string of the molecule is C/C(CCc1ccccc1)=N/Nc1cccc([N+](=O)[O-])c1. The molecule has 0 radical (unpaired) electrons. The molecular weight excluding hydrogens is 266 g/mol. The Morgan fingerprint density at radius 1 is 1.19 bits per heavy atom. The van der Waals surface area contributed by atoms with Crippen LogP contribution in [-0.4, -0.2) is 10.6 Å². The number of benzene rings is 2. The molecule has 0 saturated carbocycles. The van der Waals surface area contributed by atoms with Crippen LogP contribution in [0.2, 0.25) is 0 Å². The Morgan fingerprint density at radius 2 is 1.95 bits per heavy atom. The zero-order valence-electron chi connectivity index (χ0n) is 11.8. The van der Waals surface area contributed by atoms with Crippen molar-refractivity contribution in [3.63, 3.8) is 0 Å². The van der Waals surface area contributed by atoms with Crippen molar-refractivity contribution in [2.75, 3.05) is 5.43 Å². The van der Waals surface area contributed by atoms with Crippen molar-refractivity contribution in [1.29, 1.82) is 0 Å². The molecule has 0 aliphatic carbocycles. The largest absolute Gasteiger partial charge is 0.278 e. The van der Waals surface area contributed by atoms with Crippen molar-refractivity contribution in [1.82, 2.24) is 0 Å². The van der Waals surface area contributed by atoms with Crippen molar-refractivity contribution in [3.8, 4) is 0 Å². The minimum atomic E-state index is -0.419. The van der Waals surface area contributed by atoms with Crippen LogP contribution in [0.1, 0.15) is 18.9 Å². The number of nitrogens with one attached hydrogen (secondary N) is 1. The number of nitro benzene ring substituents is 1. The normalized spacial score (nSPS) is 11.2. The molecule has 0 atom stereocenters. The van der Waals surface area contributed by atoms with E-state index in [0.29, 0.717) is 5.69 Å².